The van der Waals surface area contributed by atoms with Gasteiger partial charge in [0.25, 0.3) is 0 Å². The van der Waals surface area contributed by atoms with Crippen molar-refractivity contribution < 1.29 is 5.11 Å². The van der Waals surface area contributed by atoms with Crippen LogP contribution in [0.3, 0.4) is 0 Å². The van der Waals surface area contributed by atoms with E-state index in [1.807, 2.05) is 29.8 Å². The van der Waals surface area contributed by atoms with Gasteiger partial charge in [-0.2, -0.15) is 5.10 Å². The Morgan fingerprint density at radius 2 is 2.00 bits per heavy atom. The van der Waals surface area contributed by atoms with Crippen molar-refractivity contribution in [1.29, 1.82) is 0 Å². The third kappa shape index (κ3) is 3.14. The quantitative estimate of drug-likeness (QED) is 0.860. The normalized spacial score (nSPS) is 10.9. The molecule has 0 radical (unpaired) electrons. The lowest BCUT2D eigenvalue weighted by molar-refractivity contribution is 0.463. The maximum atomic E-state index is 9.72. The maximum Gasteiger partial charge on any atom is 0.120 e. The fourth-order valence-corrected chi connectivity index (χ4v) is 2.50. The Hall–Kier alpha value is -1.52. The average molecular weight is 294 g/mol. The number of halogens is 1. The van der Waals surface area contributed by atoms with Gasteiger partial charge in [0, 0.05) is 25.2 Å². The molecular formula is C15H20ClN3O. The number of hydrogen-bond donors (Lipinski definition) is 2. The molecule has 0 unspecified atom stereocenters. The summed E-state index contributed by atoms with van der Waals surface area (Å²) in [6.07, 6.45) is 0.832. The molecule has 0 spiro atoms. The molecule has 2 N–H and O–H groups in total. The van der Waals surface area contributed by atoms with Gasteiger partial charge in [0.05, 0.1) is 16.4 Å². The minimum Gasteiger partial charge on any atom is -0.508 e. The Morgan fingerprint density at radius 1 is 1.25 bits per heavy atom. The summed E-state index contributed by atoms with van der Waals surface area (Å²) >= 11 is 6.35. The molecule has 2 rings (SSSR count). The molecule has 1 aromatic heterocycles. The van der Waals surface area contributed by atoms with Crippen LogP contribution in [0.2, 0.25) is 5.02 Å². The van der Waals surface area contributed by atoms with Crippen LogP contribution in [0.15, 0.2) is 24.3 Å². The number of benzene rings is 1. The summed E-state index contributed by atoms with van der Waals surface area (Å²) in [6.45, 7) is 6.13. The zero-order chi connectivity index (χ0) is 14.5. The minimum absolute atomic E-state index is 0.310. The van der Waals surface area contributed by atoms with E-state index in [2.05, 4.69) is 17.3 Å². The van der Waals surface area contributed by atoms with Crippen LogP contribution in [-0.4, -0.2) is 14.9 Å². The number of phenolic OH excluding ortho intramolecular Hbond substituents is 1. The molecule has 0 aliphatic rings. The number of phenols is 1. The third-order valence-electron chi connectivity index (χ3n) is 3.29. The monoisotopic (exact) mass is 293 g/mol. The van der Waals surface area contributed by atoms with Crippen LogP contribution in [0, 0.1) is 0 Å². The Bertz CT molecular complexity index is 580. The van der Waals surface area contributed by atoms with Crippen LogP contribution in [-0.2, 0) is 26.1 Å². The third-order valence-corrected chi connectivity index (χ3v) is 3.73. The molecule has 2 aromatic rings. The highest BCUT2D eigenvalue weighted by atomic mass is 35.5. The number of rotatable bonds is 6. The van der Waals surface area contributed by atoms with Gasteiger partial charge in [0.1, 0.15) is 5.75 Å². The molecule has 5 heteroatoms. The Balaban J connectivity index is 2.04. The van der Waals surface area contributed by atoms with Crippen molar-refractivity contribution in [1.82, 2.24) is 15.1 Å². The van der Waals surface area contributed by atoms with Gasteiger partial charge in [-0.05, 0) is 19.4 Å². The van der Waals surface area contributed by atoms with Gasteiger partial charge >= 0.3 is 0 Å². The molecular weight excluding hydrogens is 274 g/mol. The molecule has 0 aliphatic carbocycles. The number of aryl methyl sites for hydroxylation is 2. The predicted octanol–water partition coefficient (Wildman–Crippen LogP) is 3.11. The van der Waals surface area contributed by atoms with Crippen molar-refractivity contribution in [2.75, 3.05) is 0 Å². The summed E-state index contributed by atoms with van der Waals surface area (Å²) in [5.41, 5.74) is 2.82. The second kappa shape index (κ2) is 6.77. The fourth-order valence-electron chi connectivity index (χ4n) is 2.16. The largest absolute Gasteiger partial charge is 0.508 e. The zero-order valence-corrected chi connectivity index (χ0v) is 12.6. The number of aromatic nitrogens is 2. The van der Waals surface area contributed by atoms with Gasteiger partial charge in [-0.3, -0.25) is 4.68 Å². The Kier molecular flexibility index (Phi) is 5.04. The van der Waals surface area contributed by atoms with Crippen LogP contribution < -0.4 is 5.32 Å². The van der Waals surface area contributed by atoms with E-state index < -0.39 is 0 Å². The summed E-state index contributed by atoms with van der Waals surface area (Å²) in [6, 6.07) is 7.32. The number of para-hydroxylation sites is 1. The van der Waals surface area contributed by atoms with E-state index in [0.717, 1.165) is 34.9 Å². The fraction of sp³-hybridized carbons (Fsp3) is 0.400. The molecule has 0 bridgehead atoms. The van der Waals surface area contributed by atoms with Gasteiger partial charge in [0.2, 0.25) is 0 Å². The van der Waals surface area contributed by atoms with Crippen molar-refractivity contribution in [3.8, 4) is 5.75 Å². The molecule has 0 saturated heterocycles. The first-order valence-electron chi connectivity index (χ1n) is 6.89. The first kappa shape index (κ1) is 14.9. The van der Waals surface area contributed by atoms with Gasteiger partial charge in [-0.15, -0.1) is 0 Å². The van der Waals surface area contributed by atoms with E-state index >= 15 is 0 Å². The predicted molar refractivity (Wildman–Crippen MR) is 80.9 cm³/mol. The Morgan fingerprint density at radius 3 is 2.65 bits per heavy atom. The van der Waals surface area contributed by atoms with Crippen LogP contribution in [0.4, 0.5) is 0 Å². The van der Waals surface area contributed by atoms with Gasteiger partial charge < -0.3 is 10.4 Å². The van der Waals surface area contributed by atoms with Crippen molar-refractivity contribution in [2.24, 2.45) is 0 Å². The van der Waals surface area contributed by atoms with Crippen molar-refractivity contribution in [3.63, 3.8) is 0 Å². The summed E-state index contributed by atoms with van der Waals surface area (Å²) in [4.78, 5) is 0. The summed E-state index contributed by atoms with van der Waals surface area (Å²) < 4.78 is 1.93. The average Bonchev–Trinajstić information content (AvgIpc) is 2.77. The first-order chi connectivity index (χ1) is 9.67. The zero-order valence-electron chi connectivity index (χ0n) is 11.9. The molecule has 20 heavy (non-hydrogen) atoms. The highest BCUT2D eigenvalue weighted by molar-refractivity contribution is 6.31. The lowest BCUT2D eigenvalue weighted by Gasteiger charge is -2.08. The minimum atomic E-state index is 0.310. The summed E-state index contributed by atoms with van der Waals surface area (Å²) in [5, 5.41) is 18.3. The number of aromatic hydroxyl groups is 1. The van der Waals surface area contributed by atoms with Crippen LogP contribution in [0.5, 0.6) is 5.75 Å². The molecule has 0 amide bonds. The standard InChI is InChI=1S/C15H20ClN3O/c1-3-12-15(16)13(19(4-2)18-12)10-17-9-11-7-5-6-8-14(11)20/h5-8,17,20H,3-4,9-10H2,1-2H3. The second-order valence-electron chi connectivity index (χ2n) is 4.61. The summed E-state index contributed by atoms with van der Waals surface area (Å²) in [5.74, 6) is 0.310. The van der Waals surface area contributed by atoms with Gasteiger partial charge in [-0.1, -0.05) is 36.7 Å². The number of nitrogens with zero attached hydrogens (tertiary/aromatic N) is 2. The molecule has 0 fully saturated rings. The topological polar surface area (TPSA) is 50.1 Å². The van der Waals surface area contributed by atoms with E-state index in [0.29, 0.717) is 18.8 Å². The van der Waals surface area contributed by atoms with Gasteiger partial charge in [0.15, 0.2) is 0 Å². The van der Waals surface area contributed by atoms with Crippen LogP contribution >= 0.6 is 11.6 Å². The van der Waals surface area contributed by atoms with E-state index in [9.17, 15) is 5.11 Å². The SMILES string of the molecule is CCc1nn(CC)c(CNCc2ccccc2O)c1Cl. The molecule has 1 aromatic carbocycles. The van der Waals surface area contributed by atoms with Gasteiger partial charge in [-0.25, -0.2) is 0 Å². The molecule has 108 valence electrons. The molecule has 4 nitrogen and oxygen atoms in total. The lowest BCUT2D eigenvalue weighted by atomic mass is 10.2. The second-order valence-corrected chi connectivity index (χ2v) is 4.99. The highest BCUT2D eigenvalue weighted by Crippen LogP contribution is 2.22. The number of nitrogens with one attached hydrogen (secondary N) is 1. The smallest absolute Gasteiger partial charge is 0.120 e. The van der Waals surface area contributed by atoms with E-state index in [1.165, 1.54) is 0 Å². The van der Waals surface area contributed by atoms with E-state index in [4.69, 9.17) is 11.6 Å². The molecule has 0 aliphatic heterocycles. The molecule has 0 atom stereocenters. The Labute approximate surface area is 124 Å². The van der Waals surface area contributed by atoms with Crippen LogP contribution in [0.25, 0.3) is 0 Å². The number of hydrogen-bond acceptors (Lipinski definition) is 3. The highest BCUT2D eigenvalue weighted by Gasteiger charge is 2.13. The van der Waals surface area contributed by atoms with Crippen molar-refractivity contribution in [3.05, 3.63) is 46.2 Å². The summed E-state index contributed by atoms with van der Waals surface area (Å²) in [7, 11) is 0. The molecule has 1 heterocycles. The van der Waals surface area contributed by atoms with Crippen molar-refractivity contribution >= 4 is 11.6 Å². The van der Waals surface area contributed by atoms with E-state index in [-0.39, 0.29) is 0 Å². The van der Waals surface area contributed by atoms with Crippen molar-refractivity contribution in [2.45, 2.75) is 39.9 Å². The molecule has 0 saturated carbocycles. The first-order valence-corrected chi connectivity index (χ1v) is 7.26. The van der Waals surface area contributed by atoms with E-state index in [1.54, 1.807) is 6.07 Å². The maximum absolute atomic E-state index is 9.72. The van der Waals surface area contributed by atoms with Crippen LogP contribution in [0.1, 0.15) is 30.8 Å². The lowest BCUT2D eigenvalue weighted by Crippen LogP contribution is -2.16.